The van der Waals surface area contributed by atoms with Gasteiger partial charge >= 0.3 is 0 Å². The molecule has 1 fully saturated rings. The minimum atomic E-state index is 0.458. The second-order valence-corrected chi connectivity index (χ2v) is 5.71. The second-order valence-electron chi connectivity index (χ2n) is 5.71. The molecule has 1 rings (SSSR count). The highest BCUT2D eigenvalue weighted by atomic mass is 16.5. The van der Waals surface area contributed by atoms with E-state index in [1.165, 1.54) is 38.9 Å². The van der Waals surface area contributed by atoms with E-state index in [-0.39, 0.29) is 0 Å². The van der Waals surface area contributed by atoms with Crippen molar-refractivity contribution in [3.63, 3.8) is 0 Å². The zero-order valence-electron chi connectivity index (χ0n) is 13.3. The first-order valence-electron chi connectivity index (χ1n) is 7.86. The molecule has 1 heterocycles. The number of hydrogen-bond acceptors (Lipinski definition) is 4. The first-order valence-corrected chi connectivity index (χ1v) is 7.86. The molecule has 4 heteroatoms. The maximum Gasteiger partial charge on any atom is 0.0628 e. The fourth-order valence-corrected chi connectivity index (χ4v) is 2.90. The fraction of sp³-hybridized carbons (Fsp3) is 1.00. The van der Waals surface area contributed by atoms with Crippen LogP contribution in [0.2, 0.25) is 0 Å². The lowest BCUT2D eigenvalue weighted by atomic mass is 10.0. The Bertz CT molecular complexity index is 217. The standard InChI is InChI=1S/C15H33N3O/c1-5-9-16-14(13-19-4)12-17(3)15-7-10-18(6-2)11-8-15/h14-16H,5-13H2,1-4H3. The summed E-state index contributed by atoms with van der Waals surface area (Å²) < 4.78 is 5.33. The van der Waals surface area contributed by atoms with Crippen LogP contribution >= 0.6 is 0 Å². The third kappa shape index (κ3) is 6.21. The molecule has 114 valence electrons. The summed E-state index contributed by atoms with van der Waals surface area (Å²) in [6.45, 7) is 11.1. The largest absolute Gasteiger partial charge is 0.383 e. The molecule has 1 unspecified atom stereocenters. The molecule has 4 nitrogen and oxygen atoms in total. The highest BCUT2D eigenvalue weighted by Crippen LogP contribution is 2.15. The predicted molar refractivity (Wildman–Crippen MR) is 81.7 cm³/mol. The van der Waals surface area contributed by atoms with Crippen LogP contribution in [-0.4, -0.2) is 75.4 Å². The van der Waals surface area contributed by atoms with Gasteiger partial charge in [0, 0.05) is 25.7 Å². The zero-order valence-corrected chi connectivity index (χ0v) is 13.3. The van der Waals surface area contributed by atoms with Gasteiger partial charge in [-0.15, -0.1) is 0 Å². The Balaban J connectivity index is 2.32. The zero-order chi connectivity index (χ0) is 14.1. The highest BCUT2D eigenvalue weighted by molar-refractivity contribution is 4.80. The molecule has 0 aromatic heterocycles. The molecule has 0 aromatic rings. The van der Waals surface area contributed by atoms with Gasteiger partial charge in [0.15, 0.2) is 0 Å². The number of nitrogens with zero attached hydrogens (tertiary/aromatic N) is 2. The molecule has 0 aromatic carbocycles. The van der Waals surface area contributed by atoms with E-state index in [0.717, 1.165) is 25.7 Å². The van der Waals surface area contributed by atoms with Crippen molar-refractivity contribution in [1.29, 1.82) is 0 Å². The molecule has 0 aliphatic carbocycles. The molecule has 1 saturated heterocycles. The minimum Gasteiger partial charge on any atom is -0.383 e. The van der Waals surface area contributed by atoms with Gasteiger partial charge in [-0.3, -0.25) is 0 Å². The molecule has 0 radical (unpaired) electrons. The van der Waals surface area contributed by atoms with Gasteiger partial charge in [-0.1, -0.05) is 13.8 Å². The molecule has 1 N–H and O–H groups in total. The van der Waals surface area contributed by atoms with E-state index in [1.807, 2.05) is 0 Å². The Morgan fingerprint density at radius 3 is 2.53 bits per heavy atom. The lowest BCUT2D eigenvalue weighted by Gasteiger charge is -2.37. The van der Waals surface area contributed by atoms with E-state index in [9.17, 15) is 0 Å². The summed E-state index contributed by atoms with van der Waals surface area (Å²) in [6, 6.07) is 1.20. The second kappa shape index (κ2) is 9.70. The van der Waals surface area contributed by atoms with Gasteiger partial charge in [-0.25, -0.2) is 0 Å². The summed E-state index contributed by atoms with van der Waals surface area (Å²) in [5.74, 6) is 0. The van der Waals surface area contributed by atoms with Crippen LogP contribution in [0.3, 0.4) is 0 Å². The molecule has 0 spiro atoms. The third-order valence-corrected chi connectivity index (χ3v) is 4.19. The smallest absolute Gasteiger partial charge is 0.0628 e. The van der Waals surface area contributed by atoms with Gasteiger partial charge in [0.2, 0.25) is 0 Å². The van der Waals surface area contributed by atoms with Crippen LogP contribution in [0.1, 0.15) is 33.1 Å². The number of nitrogens with one attached hydrogen (secondary N) is 1. The summed E-state index contributed by atoms with van der Waals surface area (Å²) >= 11 is 0. The topological polar surface area (TPSA) is 27.7 Å². The van der Waals surface area contributed by atoms with Crippen LogP contribution in [0.25, 0.3) is 0 Å². The lowest BCUT2D eigenvalue weighted by Crippen LogP contribution is -2.49. The Kier molecular flexibility index (Phi) is 8.62. The number of methoxy groups -OCH3 is 1. The number of piperidine rings is 1. The Morgan fingerprint density at radius 1 is 1.32 bits per heavy atom. The maximum absolute atomic E-state index is 5.33. The molecule has 19 heavy (non-hydrogen) atoms. The van der Waals surface area contributed by atoms with Crippen LogP contribution in [0.15, 0.2) is 0 Å². The SMILES string of the molecule is CCCNC(COC)CN(C)C1CCN(CC)CC1. The van der Waals surface area contributed by atoms with Crippen LogP contribution in [0.5, 0.6) is 0 Å². The number of hydrogen-bond donors (Lipinski definition) is 1. The highest BCUT2D eigenvalue weighted by Gasteiger charge is 2.23. The normalized spacial score (nSPS) is 20.1. The van der Waals surface area contributed by atoms with Crippen molar-refractivity contribution in [2.75, 3.05) is 53.5 Å². The summed E-state index contributed by atoms with van der Waals surface area (Å²) in [5, 5.41) is 3.58. The van der Waals surface area contributed by atoms with E-state index in [0.29, 0.717) is 6.04 Å². The van der Waals surface area contributed by atoms with Crippen molar-refractivity contribution >= 4 is 0 Å². The molecular weight excluding hydrogens is 238 g/mol. The van der Waals surface area contributed by atoms with Gasteiger partial charge in [0.25, 0.3) is 0 Å². The van der Waals surface area contributed by atoms with E-state index in [4.69, 9.17) is 4.74 Å². The number of likely N-dealkylation sites (N-methyl/N-ethyl adjacent to an activating group) is 1. The Hall–Kier alpha value is -0.160. The van der Waals surface area contributed by atoms with Gasteiger partial charge in [0.05, 0.1) is 6.61 Å². The van der Waals surface area contributed by atoms with Gasteiger partial charge in [-0.2, -0.15) is 0 Å². The first-order chi connectivity index (χ1) is 9.21. The average Bonchev–Trinajstić information content (AvgIpc) is 2.45. The first kappa shape index (κ1) is 16.9. The number of rotatable bonds is 9. The summed E-state index contributed by atoms with van der Waals surface area (Å²) in [7, 11) is 4.06. The van der Waals surface area contributed by atoms with E-state index >= 15 is 0 Å². The van der Waals surface area contributed by atoms with Crippen molar-refractivity contribution in [2.45, 2.75) is 45.2 Å². The van der Waals surface area contributed by atoms with Crippen LogP contribution in [0.4, 0.5) is 0 Å². The van der Waals surface area contributed by atoms with E-state index in [1.54, 1.807) is 7.11 Å². The number of likely N-dealkylation sites (tertiary alicyclic amines) is 1. The molecule has 1 aliphatic rings. The minimum absolute atomic E-state index is 0.458. The maximum atomic E-state index is 5.33. The molecule has 0 bridgehead atoms. The van der Waals surface area contributed by atoms with Crippen molar-refractivity contribution in [3.05, 3.63) is 0 Å². The van der Waals surface area contributed by atoms with Gasteiger partial charge in [0.1, 0.15) is 0 Å². The quantitative estimate of drug-likeness (QED) is 0.686. The van der Waals surface area contributed by atoms with E-state index in [2.05, 4.69) is 36.0 Å². The Morgan fingerprint density at radius 2 is 2.00 bits per heavy atom. The van der Waals surface area contributed by atoms with Crippen LogP contribution < -0.4 is 5.32 Å². The molecule has 0 saturated carbocycles. The van der Waals surface area contributed by atoms with Crippen molar-refractivity contribution in [3.8, 4) is 0 Å². The average molecular weight is 271 g/mol. The van der Waals surface area contributed by atoms with Crippen LogP contribution in [0, 0.1) is 0 Å². The summed E-state index contributed by atoms with van der Waals surface area (Å²) in [4.78, 5) is 5.08. The Labute approximate surface area is 119 Å². The molecule has 0 amide bonds. The summed E-state index contributed by atoms with van der Waals surface area (Å²) in [6.07, 6.45) is 3.79. The van der Waals surface area contributed by atoms with Gasteiger partial charge < -0.3 is 19.9 Å². The van der Waals surface area contributed by atoms with Gasteiger partial charge in [-0.05, 0) is 52.5 Å². The predicted octanol–water partition coefficient (Wildman–Crippen LogP) is 1.42. The van der Waals surface area contributed by atoms with Crippen LogP contribution in [-0.2, 0) is 4.74 Å². The van der Waals surface area contributed by atoms with E-state index < -0.39 is 0 Å². The number of ether oxygens (including phenoxy) is 1. The molecular formula is C15H33N3O. The molecule has 1 atom stereocenters. The lowest BCUT2D eigenvalue weighted by molar-refractivity contribution is 0.0996. The fourth-order valence-electron chi connectivity index (χ4n) is 2.90. The van der Waals surface area contributed by atoms with Crippen molar-refractivity contribution in [1.82, 2.24) is 15.1 Å². The monoisotopic (exact) mass is 271 g/mol. The summed E-state index contributed by atoms with van der Waals surface area (Å²) in [5.41, 5.74) is 0. The third-order valence-electron chi connectivity index (χ3n) is 4.19. The van der Waals surface area contributed by atoms with Crippen molar-refractivity contribution in [2.24, 2.45) is 0 Å². The molecule has 1 aliphatic heterocycles. The van der Waals surface area contributed by atoms with Crippen molar-refractivity contribution < 1.29 is 4.74 Å².